The van der Waals surface area contributed by atoms with E-state index in [1.807, 2.05) is 24.3 Å². The maximum absolute atomic E-state index is 11.3. The summed E-state index contributed by atoms with van der Waals surface area (Å²) in [5, 5.41) is 12.1. The molecule has 2 rings (SSSR count). The highest BCUT2D eigenvalue weighted by Gasteiger charge is 2.28. The third kappa shape index (κ3) is 1.86. The molecule has 2 atom stereocenters. The van der Waals surface area contributed by atoms with E-state index < -0.39 is 11.9 Å². The molecule has 0 radical (unpaired) electrons. The van der Waals surface area contributed by atoms with Crippen molar-refractivity contribution in [3.05, 3.63) is 35.4 Å². The van der Waals surface area contributed by atoms with Crippen LogP contribution in [0, 0.1) is 0 Å². The van der Waals surface area contributed by atoms with Crippen LogP contribution in [0.15, 0.2) is 24.3 Å². The summed E-state index contributed by atoms with van der Waals surface area (Å²) in [4.78, 5) is 11.3. The van der Waals surface area contributed by atoms with Crippen molar-refractivity contribution < 1.29 is 9.90 Å². The fourth-order valence-electron chi connectivity index (χ4n) is 2.00. The van der Waals surface area contributed by atoms with Crippen molar-refractivity contribution in [3.8, 4) is 0 Å². The summed E-state index contributed by atoms with van der Waals surface area (Å²) in [6.07, 6.45) is 0.733. The number of aliphatic hydroxyl groups excluding tert-OH is 1. The molecule has 2 unspecified atom stereocenters. The second-order valence-corrected chi connectivity index (χ2v) is 3.78. The van der Waals surface area contributed by atoms with Crippen LogP contribution < -0.4 is 11.1 Å². The fraction of sp³-hybridized carbons (Fsp3) is 0.364. The molecule has 1 aliphatic heterocycles. The van der Waals surface area contributed by atoms with Crippen LogP contribution in [-0.4, -0.2) is 23.7 Å². The predicted molar refractivity (Wildman–Crippen MR) is 56.1 cm³/mol. The normalized spacial score (nSPS) is 24.6. The lowest BCUT2D eigenvalue weighted by molar-refractivity contribution is -0.120. The molecule has 0 fully saturated rings. The molecule has 0 aromatic heterocycles. The van der Waals surface area contributed by atoms with Crippen molar-refractivity contribution in [2.45, 2.75) is 18.5 Å². The van der Waals surface area contributed by atoms with E-state index in [4.69, 9.17) is 10.8 Å². The van der Waals surface area contributed by atoms with Gasteiger partial charge in [0.25, 0.3) is 0 Å². The van der Waals surface area contributed by atoms with Crippen molar-refractivity contribution in [2.24, 2.45) is 5.73 Å². The summed E-state index contributed by atoms with van der Waals surface area (Å²) in [7, 11) is 0. The van der Waals surface area contributed by atoms with E-state index in [-0.39, 0.29) is 12.6 Å². The highest BCUT2D eigenvalue weighted by Crippen LogP contribution is 2.24. The van der Waals surface area contributed by atoms with Crippen LogP contribution >= 0.6 is 0 Å². The van der Waals surface area contributed by atoms with Crippen LogP contribution in [0.2, 0.25) is 0 Å². The molecule has 1 heterocycles. The summed E-state index contributed by atoms with van der Waals surface area (Å²) in [6, 6.07) is 7.11. The molecule has 1 aromatic carbocycles. The van der Waals surface area contributed by atoms with Gasteiger partial charge in [0, 0.05) is 6.04 Å². The first-order valence-electron chi connectivity index (χ1n) is 4.96. The number of benzene rings is 1. The number of nitrogens with one attached hydrogen (secondary N) is 1. The molecule has 1 amide bonds. The second kappa shape index (κ2) is 4.00. The van der Waals surface area contributed by atoms with Crippen molar-refractivity contribution in [3.63, 3.8) is 0 Å². The number of carbonyl (C=O) groups excluding carboxylic acids is 1. The quantitative estimate of drug-likeness (QED) is 0.623. The summed E-state index contributed by atoms with van der Waals surface area (Å²) >= 11 is 0. The van der Waals surface area contributed by atoms with Gasteiger partial charge >= 0.3 is 0 Å². The van der Waals surface area contributed by atoms with Crippen LogP contribution in [0.5, 0.6) is 0 Å². The van der Waals surface area contributed by atoms with Gasteiger partial charge in [0.2, 0.25) is 5.91 Å². The Morgan fingerprint density at radius 3 is 2.93 bits per heavy atom. The zero-order chi connectivity index (χ0) is 10.8. The molecule has 4 heteroatoms. The van der Waals surface area contributed by atoms with Gasteiger partial charge in [-0.25, -0.2) is 0 Å². The van der Waals surface area contributed by atoms with Gasteiger partial charge in [0.05, 0.1) is 6.61 Å². The molecule has 0 aliphatic carbocycles. The first kappa shape index (κ1) is 10.1. The lowest BCUT2D eigenvalue weighted by atomic mass is 9.90. The largest absolute Gasteiger partial charge is 0.395 e. The average molecular weight is 206 g/mol. The van der Waals surface area contributed by atoms with Crippen LogP contribution in [0.25, 0.3) is 0 Å². The van der Waals surface area contributed by atoms with E-state index in [0.29, 0.717) is 0 Å². The van der Waals surface area contributed by atoms with E-state index in [0.717, 1.165) is 17.5 Å². The Morgan fingerprint density at radius 2 is 2.27 bits per heavy atom. The topological polar surface area (TPSA) is 75.4 Å². The first-order chi connectivity index (χ1) is 7.22. The van der Waals surface area contributed by atoms with Gasteiger partial charge in [-0.15, -0.1) is 0 Å². The van der Waals surface area contributed by atoms with Gasteiger partial charge in [-0.1, -0.05) is 24.3 Å². The molecule has 0 spiro atoms. The number of hydrogen-bond donors (Lipinski definition) is 3. The summed E-state index contributed by atoms with van der Waals surface area (Å²) in [5.74, 6) is -0.402. The van der Waals surface area contributed by atoms with Gasteiger partial charge in [-0.3, -0.25) is 10.1 Å². The molecule has 4 nitrogen and oxygen atoms in total. The van der Waals surface area contributed by atoms with E-state index >= 15 is 0 Å². The zero-order valence-corrected chi connectivity index (χ0v) is 8.31. The van der Waals surface area contributed by atoms with Crippen molar-refractivity contribution >= 4 is 5.91 Å². The fourth-order valence-corrected chi connectivity index (χ4v) is 2.00. The standard InChI is InChI=1S/C11H14N2O2/c12-11(15)10-9-4-2-1-3-7(9)5-8(6-14)13-10/h1-4,8,10,13-14H,5-6H2,(H2,12,15). The van der Waals surface area contributed by atoms with E-state index in [2.05, 4.69) is 5.32 Å². The van der Waals surface area contributed by atoms with Crippen LogP contribution in [-0.2, 0) is 11.2 Å². The average Bonchev–Trinajstić information content (AvgIpc) is 2.27. The predicted octanol–water partition coefficient (Wildman–Crippen LogP) is -0.280. The summed E-state index contributed by atoms with van der Waals surface area (Å²) < 4.78 is 0. The summed E-state index contributed by atoms with van der Waals surface area (Å²) in [5.41, 5.74) is 7.32. The van der Waals surface area contributed by atoms with Crippen LogP contribution in [0.4, 0.5) is 0 Å². The van der Waals surface area contributed by atoms with Crippen molar-refractivity contribution in [1.29, 1.82) is 0 Å². The maximum Gasteiger partial charge on any atom is 0.239 e. The number of amides is 1. The Balaban J connectivity index is 2.38. The smallest absolute Gasteiger partial charge is 0.239 e. The Labute approximate surface area is 88.1 Å². The van der Waals surface area contributed by atoms with E-state index in [1.54, 1.807) is 0 Å². The summed E-state index contributed by atoms with van der Waals surface area (Å²) in [6.45, 7) is 0.0120. The van der Waals surface area contributed by atoms with Crippen molar-refractivity contribution in [1.82, 2.24) is 5.32 Å². The SMILES string of the molecule is NC(=O)C1NC(CO)Cc2ccccc21. The number of nitrogens with two attached hydrogens (primary N) is 1. The second-order valence-electron chi connectivity index (χ2n) is 3.78. The lowest BCUT2D eigenvalue weighted by Crippen LogP contribution is -2.46. The monoisotopic (exact) mass is 206 g/mol. The van der Waals surface area contributed by atoms with Gasteiger partial charge < -0.3 is 10.8 Å². The highest BCUT2D eigenvalue weighted by atomic mass is 16.3. The minimum absolute atomic E-state index is 0.0120. The minimum Gasteiger partial charge on any atom is -0.395 e. The Kier molecular flexibility index (Phi) is 2.70. The first-order valence-corrected chi connectivity index (χ1v) is 4.96. The van der Waals surface area contributed by atoms with Crippen LogP contribution in [0.3, 0.4) is 0 Å². The maximum atomic E-state index is 11.3. The van der Waals surface area contributed by atoms with Crippen LogP contribution in [0.1, 0.15) is 17.2 Å². The highest BCUT2D eigenvalue weighted by molar-refractivity contribution is 5.82. The number of fused-ring (bicyclic) bond motifs is 1. The van der Waals surface area contributed by atoms with E-state index in [1.165, 1.54) is 0 Å². The van der Waals surface area contributed by atoms with Gasteiger partial charge in [-0.2, -0.15) is 0 Å². The Morgan fingerprint density at radius 1 is 1.53 bits per heavy atom. The van der Waals surface area contributed by atoms with Gasteiger partial charge in [0.15, 0.2) is 0 Å². The molecule has 15 heavy (non-hydrogen) atoms. The molecule has 4 N–H and O–H groups in total. The number of carbonyl (C=O) groups is 1. The van der Waals surface area contributed by atoms with E-state index in [9.17, 15) is 4.79 Å². The molecule has 0 saturated heterocycles. The third-order valence-corrected chi connectivity index (χ3v) is 2.74. The lowest BCUT2D eigenvalue weighted by Gasteiger charge is -2.30. The molecule has 0 saturated carbocycles. The van der Waals surface area contributed by atoms with Gasteiger partial charge in [-0.05, 0) is 17.5 Å². The molecule has 1 aliphatic rings. The molecular weight excluding hydrogens is 192 g/mol. The Bertz CT molecular complexity index is 379. The van der Waals surface area contributed by atoms with Crippen molar-refractivity contribution in [2.75, 3.05) is 6.61 Å². The third-order valence-electron chi connectivity index (χ3n) is 2.74. The molecule has 1 aromatic rings. The number of rotatable bonds is 2. The molecular formula is C11H14N2O2. The number of hydrogen-bond acceptors (Lipinski definition) is 3. The zero-order valence-electron chi connectivity index (χ0n) is 8.31. The molecule has 80 valence electrons. The number of primary amides is 1. The minimum atomic E-state index is -0.480. The number of aliphatic hydroxyl groups is 1. The molecule has 0 bridgehead atoms. The van der Waals surface area contributed by atoms with Gasteiger partial charge in [0.1, 0.15) is 6.04 Å². The Hall–Kier alpha value is -1.39.